The summed E-state index contributed by atoms with van der Waals surface area (Å²) in [5.74, 6) is 7.90. The molecule has 6 heteroatoms. The number of nitrogens with two attached hydrogens (primary N) is 1. The summed E-state index contributed by atoms with van der Waals surface area (Å²) in [7, 11) is 2.02. The summed E-state index contributed by atoms with van der Waals surface area (Å²) in [6.45, 7) is 4.76. The van der Waals surface area contributed by atoms with Crippen LogP contribution in [0.3, 0.4) is 0 Å². The minimum absolute atomic E-state index is 0.677. The number of halogens is 1. The van der Waals surface area contributed by atoms with Crippen LogP contribution in [0.5, 0.6) is 0 Å². The first-order valence-electron chi connectivity index (χ1n) is 6.85. The van der Waals surface area contributed by atoms with Gasteiger partial charge in [-0.2, -0.15) is 0 Å². The molecule has 0 spiro atoms. The third kappa shape index (κ3) is 3.51. The normalized spacial score (nSPS) is 10.5. The minimum atomic E-state index is 0.677. The molecule has 0 aliphatic rings. The molecule has 0 saturated heterocycles. The summed E-state index contributed by atoms with van der Waals surface area (Å²) in [4.78, 5) is 11.1. The molecule has 0 aliphatic carbocycles. The maximum Gasteiger partial charge on any atom is 0.148 e. The summed E-state index contributed by atoms with van der Waals surface area (Å²) in [6, 6.07) is 8.18. The Bertz CT molecular complexity index is 629. The van der Waals surface area contributed by atoms with Crippen molar-refractivity contribution >= 4 is 27.6 Å². The van der Waals surface area contributed by atoms with Gasteiger partial charge in [0.1, 0.15) is 17.5 Å². The quantitative estimate of drug-likeness (QED) is 0.641. The van der Waals surface area contributed by atoms with Crippen molar-refractivity contribution in [2.24, 2.45) is 5.84 Å². The van der Waals surface area contributed by atoms with Gasteiger partial charge in [-0.25, -0.2) is 15.8 Å². The molecule has 1 aromatic carbocycles. The standard InChI is InChI=1S/C15H20BrN5/c1-4-13-18-14(20-17)10(2)15(19-13)21(3)9-11-7-5-6-8-12(11)16/h5-8H,4,9,17H2,1-3H3,(H,18,19,20). The SMILES string of the molecule is CCc1nc(NN)c(C)c(N(C)Cc2ccccc2Br)n1. The predicted octanol–water partition coefficient (Wildman–Crippen LogP) is 3.03. The fourth-order valence-corrected chi connectivity index (χ4v) is 2.59. The van der Waals surface area contributed by atoms with Gasteiger partial charge in [-0.3, -0.25) is 0 Å². The minimum Gasteiger partial charge on any atom is -0.355 e. The second-order valence-electron chi connectivity index (χ2n) is 4.88. The van der Waals surface area contributed by atoms with Crippen molar-refractivity contribution in [2.75, 3.05) is 17.4 Å². The van der Waals surface area contributed by atoms with Gasteiger partial charge in [0.15, 0.2) is 0 Å². The monoisotopic (exact) mass is 349 g/mol. The first kappa shape index (κ1) is 15.7. The number of nitrogen functional groups attached to an aromatic ring is 1. The molecule has 3 N–H and O–H groups in total. The Labute approximate surface area is 133 Å². The largest absolute Gasteiger partial charge is 0.355 e. The van der Waals surface area contributed by atoms with Gasteiger partial charge in [0.2, 0.25) is 0 Å². The van der Waals surface area contributed by atoms with E-state index < -0.39 is 0 Å². The molecule has 0 saturated carbocycles. The molecule has 1 heterocycles. The van der Waals surface area contributed by atoms with E-state index in [-0.39, 0.29) is 0 Å². The molecule has 5 nitrogen and oxygen atoms in total. The molecule has 0 fully saturated rings. The maximum absolute atomic E-state index is 5.55. The van der Waals surface area contributed by atoms with E-state index in [9.17, 15) is 0 Å². The first-order chi connectivity index (χ1) is 10.1. The van der Waals surface area contributed by atoms with Crippen LogP contribution in [0, 0.1) is 6.92 Å². The average Bonchev–Trinajstić information content (AvgIpc) is 2.49. The summed E-state index contributed by atoms with van der Waals surface area (Å²) in [5.41, 5.74) is 4.81. The molecule has 0 bridgehead atoms. The van der Waals surface area contributed by atoms with Gasteiger partial charge in [0.25, 0.3) is 0 Å². The lowest BCUT2D eigenvalue weighted by Gasteiger charge is -2.22. The Morgan fingerprint density at radius 2 is 2.00 bits per heavy atom. The Balaban J connectivity index is 2.34. The van der Waals surface area contributed by atoms with Crippen LogP contribution < -0.4 is 16.2 Å². The second kappa shape index (κ2) is 6.87. The van der Waals surface area contributed by atoms with Crippen LogP contribution in [0.25, 0.3) is 0 Å². The lowest BCUT2D eigenvalue weighted by Crippen LogP contribution is -2.22. The highest BCUT2D eigenvalue weighted by atomic mass is 79.9. The summed E-state index contributed by atoms with van der Waals surface area (Å²) >= 11 is 3.58. The number of hydrogen-bond donors (Lipinski definition) is 2. The third-order valence-corrected chi connectivity index (χ3v) is 4.12. The van der Waals surface area contributed by atoms with Crippen molar-refractivity contribution in [3.05, 3.63) is 45.7 Å². The number of aromatic nitrogens is 2. The van der Waals surface area contributed by atoms with Gasteiger partial charge >= 0.3 is 0 Å². The van der Waals surface area contributed by atoms with Crippen molar-refractivity contribution in [3.63, 3.8) is 0 Å². The molecule has 112 valence electrons. The highest BCUT2D eigenvalue weighted by Crippen LogP contribution is 2.25. The number of hydrogen-bond acceptors (Lipinski definition) is 5. The molecule has 1 aromatic heterocycles. The fraction of sp³-hybridized carbons (Fsp3) is 0.333. The lowest BCUT2D eigenvalue weighted by atomic mass is 10.2. The Kier molecular flexibility index (Phi) is 5.14. The van der Waals surface area contributed by atoms with Crippen LogP contribution in [0.1, 0.15) is 23.9 Å². The van der Waals surface area contributed by atoms with Crippen LogP contribution in [0.4, 0.5) is 11.6 Å². The number of nitrogens with zero attached hydrogens (tertiary/aromatic N) is 3. The summed E-state index contributed by atoms with van der Waals surface area (Å²) in [6.07, 6.45) is 0.769. The molecule has 0 unspecified atom stereocenters. The number of benzene rings is 1. The molecule has 0 radical (unpaired) electrons. The maximum atomic E-state index is 5.55. The van der Waals surface area contributed by atoms with E-state index in [1.54, 1.807) is 0 Å². The van der Waals surface area contributed by atoms with Gasteiger partial charge < -0.3 is 10.3 Å². The Hall–Kier alpha value is -1.66. The molecule has 2 rings (SSSR count). The van der Waals surface area contributed by atoms with E-state index in [4.69, 9.17) is 5.84 Å². The van der Waals surface area contributed by atoms with Crippen LogP contribution in [0.2, 0.25) is 0 Å². The Morgan fingerprint density at radius 1 is 1.29 bits per heavy atom. The topological polar surface area (TPSA) is 67.1 Å². The van der Waals surface area contributed by atoms with E-state index in [0.29, 0.717) is 5.82 Å². The molecule has 2 aromatic rings. The van der Waals surface area contributed by atoms with Crippen LogP contribution in [-0.4, -0.2) is 17.0 Å². The molecular weight excluding hydrogens is 330 g/mol. The van der Waals surface area contributed by atoms with Gasteiger partial charge in [-0.05, 0) is 18.6 Å². The fourth-order valence-electron chi connectivity index (χ4n) is 2.18. The zero-order valence-corrected chi connectivity index (χ0v) is 14.1. The van der Waals surface area contributed by atoms with Crippen LogP contribution in [0.15, 0.2) is 28.7 Å². The van der Waals surface area contributed by atoms with E-state index in [2.05, 4.69) is 42.3 Å². The lowest BCUT2D eigenvalue weighted by molar-refractivity contribution is 0.847. The number of nitrogens with one attached hydrogen (secondary N) is 1. The van der Waals surface area contributed by atoms with E-state index in [1.165, 1.54) is 5.56 Å². The number of aryl methyl sites for hydroxylation is 1. The van der Waals surface area contributed by atoms with Crippen molar-refractivity contribution in [1.29, 1.82) is 0 Å². The van der Waals surface area contributed by atoms with Gasteiger partial charge in [-0.1, -0.05) is 41.1 Å². The van der Waals surface area contributed by atoms with Gasteiger partial charge in [0.05, 0.1) is 0 Å². The zero-order chi connectivity index (χ0) is 15.4. The smallest absolute Gasteiger partial charge is 0.148 e. The zero-order valence-electron chi connectivity index (χ0n) is 12.5. The van der Waals surface area contributed by atoms with Crippen molar-refractivity contribution in [1.82, 2.24) is 9.97 Å². The van der Waals surface area contributed by atoms with Crippen molar-refractivity contribution < 1.29 is 0 Å². The predicted molar refractivity (Wildman–Crippen MR) is 90.2 cm³/mol. The number of anilines is 2. The highest BCUT2D eigenvalue weighted by Gasteiger charge is 2.14. The Morgan fingerprint density at radius 3 is 2.62 bits per heavy atom. The highest BCUT2D eigenvalue weighted by molar-refractivity contribution is 9.10. The molecular formula is C15H20BrN5. The van der Waals surface area contributed by atoms with Gasteiger partial charge in [-0.15, -0.1) is 0 Å². The number of hydrazine groups is 1. The van der Waals surface area contributed by atoms with Crippen molar-refractivity contribution in [3.8, 4) is 0 Å². The third-order valence-electron chi connectivity index (χ3n) is 3.35. The van der Waals surface area contributed by atoms with E-state index in [0.717, 1.165) is 34.6 Å². The van der Waals surface area contributed by atoms with Gasteiger partial charge in [0, 0.05) is 30.0 Å². The van der Waals surface area contributed by atoms with E-state index >= 15 is 0 Å². The first-order valence-corrected chi connectivity index (χ1v) is 7.64. The van der Waals surface area contributed by atoms with Crippen LogP contribution >= 0.6 is 15.9 Å². The molecule has 0 atom stereocenters. The molecule has 0 aliphatic heterocycles. The molecule has 0 amide bonds. The summed E-state index contributed by atoms with van der Waals surface area (Å²) in [5, 5.41) is 0. The van der Waals surface area contributed by atoms with E-state index in [1.807, 2.05) is 39.1 Å². The molecule has 21 heavy (non-hydrogen) atoms. The average molecular weight is 350 g/mol. The second-order valence-corrected chi connectivity index (χ2v) is 5.74. The summed E-state index contributed by atoms with van der Waals surface area (Å²) < 4.78 is 1.09. The van der Waals surface area contributed by atoms with Crippen molar-refractivity contribution in [2.45, 2.75) is 26.8 Å². The number of rotatable bonds is 5. The van der Waals surface area contributed by atoms with Crippen LogP contribution in [-0.2, 0) is 13.0 Å².